The highest BCUT2D eigenvalue weighted by atomic mass is 35.5. The van der Waals surface area contributed by atoms with Gasteiger partial charge in [0.05, 0.1) is 4.90 Å². The average molecular weight is 330 g/mol. The Balaban J connectivity index is 2.11. The van der Waals surface area contributed by atoms with Crippen LogP contribution in [0.5, 0.6) is 0 Å². The molecule has 1 aliphatic rings. The van der Waals surface area contributed by atoms with Gasteiger partial charge >= 0.3 is 0 Å². The fourth-order valence-corrected chi connectivity index (χ4v) is 3.52. The molecule has 0 saturated carbocycles. The third kappa shape index (κ3) is 3.98. The van der Waals surface area contributed by atoms with Gasteiger partial charge in [0.1, 0.15) is 0 Å². The van der Waals surface area contributed by atoms with Crippen LogP contribution in [-0.4, -0.2) is 43.9 Å². The average Bonchev–Trinajstić information content (AvgIpc) is 2.46. The van der Waals surface area contributed by atoms with Crippen LogP contribution >= 0.6 is 11.6 Å². The van der Waals surface area contributed by atoms with Crippen LogP contribution in [0.4, 0.5) is 0 Å². The monoisotopic (exact) mass is 329 g/mol. The Morgan fingerprint density at radius 1 is 1.33 bits per heavy atom. The van der Waals surface area contributed by atoms with Gasteiger partial charge in [-0.15, -0.1) is 11.6 Å². The molecule has 0 aromatic heterocycles. The van der Waals surface area contributed by atoms with E-state index < -0.39 is 9.84 Å². The molecule has 1 aliphatic heterocycles. The lowest BCUT2D eigenvalue weighted by Gasteiger charge is -2.33. The van der Waals surface area contributed by atoms with Gasteiger partial charge in [-0.1, -0.05) is 6.07 Å². The SMILES string of the molecule is CC(Cl)C1CCN(C(=O)c2cccc(S(C)(=O)=O)c2)CC1. The maximum Gasteiger partial charge on any atom is 0.253 e. The fraction of sp³-hybridized carbons (Fsp3) is 0.533. The van der Waals surface area contributed by atoms with E-state index in [1.54, 1.807) is 17.0 Å². The van der Waals surface area contributed by atoms with Gasteiger partial charge in [-0.3, -0.25) is 4.79 Å². The largest absolute Gasteiger partial charge is 0.339 e. The molecule has 1 atom stereocenters. The summed E-state index contributed by atoms with van der Waals surface area (Å²) in [6.45, 7) is 3.33. The number of halogens is 1. The second-order valence-electron chi connectivity index (χ2n) is 5.61. The Labute approximate surface area is 131 Å². The first-order valence-electron chi connectivity index (χ1n) is 7.02. The number of rotatable bonds is 3. The molecular weight excluding hydrogens is 310 g/mol. The number of alkyl halides is 1. The van der Waals surface area contributed by atoms with E-state index >= 15 is 0 Å². The predicted molar refractivity (Wildman–Crippen MR) is 83.5 cm³/mol. The molecular formula is C15H20ClNO3S. The molecule has 21 heavy (non-hydrogen) atoms. The van der Waals surface area contributed by atoms with Crippen LogP contribution in [0.3, 0.4) is 0 Å². The quantitative estimate of drug-likeness (QED) is 0.801. The number of benzene rings is 1. The molecule has 0 spiro atoms. The molecule has 116 valence electrons. The van der Waals surface area contributed by atoms with E-state index in [-0.39, 0.29) is 16.2 Å². The number of sulfone groups is 1. The summed E-state index contributed by atoms with van der Waals surface area (Å²) in [4.78, 5) is 14.4. The molecule has 4 nitrogen and oxygen atoms in total. The Hall–Kier alpha value is -1.07. The van der Waals surface area contributed by atoms with Gasteiger partial charge in [0.2, 0.25) is 0 Å². The smallest absolute Gasteiger partial charge is 0.253 e. The Bertz CT molecular complexity index is 620. The lowest BCUT2D eigenvalue weighted by atomic mass is 9.93. The molecule has 2 rings (SSSR count). The Morgan fingerprint density at radius 2 is 1.95 bits per heavy atom. The summed E-state index contributed by atoms with van der Waals surface area (Å²) in [5.41, 5.74) is 0.426. The molecule has 1 unspecified atom stereocenters. The predicted octanol–water partition coefficient (Wildman–Crippen LogP) is 2.57. The first-order valence-corrected chi connectivity index (χ1v) is 9.35. The number of likely N-dealkylation sites (tertiary alicyclic amines) is 1. The van der Waals surface area contributed by atoms with Crippen LogP contribution in [-0.2, 0) is 9.84 Å². The number of carbonyl (C=O) groups is 1. The highest BCUT2D eigenvalue weighted by Gasteiger charge is 2.26. The normalized spacial score (nSPS) is 18.5. The Kier molecular flexibility index (Phi) is 4.94. The van der Waals surface area contributed by atoms with Gasteiger partial charge in [0.15, 0.2) is 9.84 Å². The molecule has 6 heteroatoms. The van der Waals surface area contributed by atoms with Gasteiger partial charge in [0.25, 0.3) is 5.91 Å². The van der Waals surface area contributed by atoms with Gasteiger partial charge < -0.3 is 4.90 Å². The molecule has 0 bridgehead atoms. The zero-order valence-electron chi connectivity index (χ0n) is 12.3. The van der Waals surface area contributed by atoms with Gasteiger partial charge in [-0.25, -0.2) is 8.42 Å². The third-order valence-electron chi connectivity index (χ3n) is 3.99. The molecule has 0 N–H and O–H groups in total. The van der Waals surface area contributed by atoms with Crippen molar-refractivity contribution in [2.75, 3.05) is 19.3 Å². The molecule has 1 amide bonds. The zero-order valence-corrected chi connectivity index (χ0v) is 13.8. The first kappa shape index (κ1) is 16.3. The van der Waals surface area contributed by atoms with Crippen molar-refractivity contribution in [3.05, 3.63) is 29.8 Å². The highest BCUT2D eigenvalue weighted by molar-refractivity contribution is 7.90. The van der Waals surface area contributed by atoms with Crippen LogP contribution in [0.15, 0.2) is 29.2 Å². The summed E-state index contributed by atoms with van der Waals surface area (Å²) in [7, 11) is -3.30. The number of nitrogens with zero attached hydrogens (tertiary/aromatic N) is 1. The van der Waals surface area contributed by atoms with Crippen LogP contribution in [0.2, 0.25) is 0 Å². The molecule has 0 aliphatic carbocycles. The van der Waals surface area contributed by atoms with Gasteiger partial charge in [-0.2, -0.15) is 0 Å². The fourth-order valence-electron chi connectivity index (χ4n) is 2.60. The summed E-state index contributed by atoms with van der Waals surface area (Å²) in [5, 5.41) is 0.121. The van der Waals surface area contributed by atoms with E-state index in [4.69, 9.17) is 11.6 Å². The van der Waals surface area contributed by atoms with Crippen molar-refractivity contribution in [1.82, 2.24) is 4.90 Å². The minimum Gasteiger partial charge on any atom is -0.339 e. The summed E-state index contributed by atoms with van der Waals surface area (Å²) in [6.07, 6.45) is 2.92. The third-order valence-corrected chi connectivity index (χ3v) is 5.45. The van der Waals surface area contributed by atoms with E-state index in [1.807, 2.05) is 6.92 Å². The van der Waals surface area contributed by atoms with Crippen molar-refractivity contribution < 1.29 is 13.2 Å². The van der Waals surface area contributed by atoms with E-state index in [0.717, 1.165) is 19.1 Å². The topological polar surface area (TPSA) is 54.5 Å². The van der Waals surface area contributed by atoms with Gasteiger partial charge in [0, 0.05) is 30.3 Å². The molecule has 1 saturated heterocycles. The number of hydrogen-bond donors (Lipinski definition) is 0. The van der Waals surface area contributed by atoms with Crippen molar-refractivity contribution in [3.63, 3.8) is 0 Å². The number of hydrogen-bond acceptors (Lipinski definition) is 3. The van der Waals surface area contributed by atoms with E-state index in [2.05, 4.69) is 0 Å². The van der Waals surface area contributed by atoms with Crippen molar-refractivity contribution in [3.8, 4) is 0 Å². The van der Waals surface area contributed by atoms with Crippen molar-refractivity contribution in [2.45, 2.75) is 30.0 Å². The van der Waals surface area contributed by atoms with E-state index in [0.29, 0.717) is 24.6 Å². The second-order valence-corrected chi connectivity index (χ2v) is 8.31. The lowest BCUT2D eigenvalue weighted by Crippen LogP contribution is -2.40. The van der Waals surface area contributed by atoms with E-state index in [1.165, 1.54) is 12.1 Å². The Morgan fingerprint density at radius 3 is 2.48 bits per heavy atom. The van der Waals surface area contributed by atoms with Crippen molar-refractivity contribution in [1.29, 1.82) is 0 Å². The van der Waals surface area contributed by atoms with Crippen LogP contribution in [0, 0.1) is 5.92 Å². The molecule has 1 heterocycles. The zero-order chi connectivity index (χ0) is 15.6. The van der Waals surface area contributed by atoms with E-state index in [9.17, 15) is 13.2 Å². The van der Waals surface area contributed by atoms with Crippen molar-refractivity contribution >= 4 is 27.3 Å². The summed E-state index contributed by atoms with van der Waals surface area (Å²) < 4.78 is 23.1. The first-order chi connectivity index (χ1) is 9.79. The number of piperidine rings is 1. The summed E-state index contributed by atoms with van der Waals surface area (Å²) >= 11 is 6.10. The molecule has 1 aromatic carbocycles. The standard InChI is InChI=1S/C15H20ClNO3S/c1-11(16)12-6-8-17(9-7-12)15(18)13-4-3-5-14(10-13)21(2,19)20/h3-5,10-12H,6-9H2,1-2H3. The summed E-state index contributed by atoms with van der Waals surface area (Å²) in [6, 6.07) is 6.23. The molecule has 1 fully saturated rings. The van der Waals surface area contributed by atoms with Crippen LogP contribution in [0.25, 0.3) is 0 Å². The summed E-state index contributed by atoms with van der Waals surface area (Å²) in [5.74, 6) is 0.333. The van der Waals surface area contributed by atoms with Crippen LogP contribution in [0.1, 0.15) is 30.1 Å². The van der Waals surface area contributed by atoms with Crippen LogP contribution < -0.4 is 0 Å². The maximum absolute atomic E-state index is 12.5. The van der Waals surface area contributed by atoms with Gasteiger partial charge in [-0.05, 0) is 43.9 Å². The molecule has 0 radical (unpaired) electrons. The second kappa shape index (κ2) is 6.36. The minimum absolute atomic E-state index is 0.110. The number of carbonyl (C=O) groups excluding carboxylic acids is 1. The minimum atomic E-state index is -3.30. The maximum atomic E-state index is 12.5. The molecule has 1 aromatic rings. The highest BCUT2D eigenvalue weighted by Crippen LogP contribution is 2.25. The number of amides is 1. The van der Waals surface area contributed by atoms with Crippen molar-refractivity contribution in [2.24, 2.45) is 5.92 Å². The lowest BCUT2D eigenvalue weighted by molar-refractivity contribution is 0.0690.